The molecule has 1 aliphatic heterocycles. The number of nitrogens with one attached hydrogen (secondary N) is 1. The summed E-state index contributed by atoms with van der Waals surface area (Å²) in [6.45, 7) is 7.51. The first kappa shape index (κ1) is 12.9. The van der Waals surface area contributed by atoms with E-state index >= 15 is 0 Å². The first-order valence-corrected chi connectivity index (χ1v) is 8.31. The first-order valence-electron chi connectivity index (χ1n) is 8.31. The van der Waals surface area contributed by atoms with Gasteiger partial charge < -0.3 is 10.2 Å². The van der Waals surface area contributed by atoms with Crippen molar-refractivity contribution in [2.24, 2.45) is 17.8 Å². The summed E-state index contributed by atoms with van der Waals surface area (Å²) in [7, 11) is 0. The molecule has 0 spiro atoms. The standard InChI is InChI=1S/C16H30N2/c1-2-18(12-16-5-3-4-8-17-16)11-15-10-13-6-7-14(15)9-13/h13-17H,2-12H2,1H3. The Bertz CT molecular complexity index is 260. The molecule has 0 amide bonds. The maximum absolute atomic E-state index is 3.70. The molecule has 0 aromatic carbocycles. The Hall–Kier alpha value is -0.0800. The molecule has 1 N–H and O–H groups in total. The van der Waals surface area contributed by atoms with E-state index in [1.54, 1.807) is 12.8 Å². The maximum atomic E-state index is 3.70. The quantitative estimate of drug-likeness (QED) is 0.807. The fourth-order valence-corrected chi connectivity index (χ4v) is 4.66. The van der Waals surface area contributed by atoms with Gasteiger partial charge in [-0.3, -0.25) is 0 Å². The highest BCUT2D eigenvalue weighted by atomic mass is 15.1. The van der Waals surface area contributed by atoms with Crippen LogP contribution < -0.4 is 5.32 Å². The van der Waals surface area contributed by atoms with E-state index in [1.807, 2.05) is 0 Å². The minimum atomic E-state index is 0.775. The van der Waals surface area contributed by atoms with Gasteiger partial charge in [0.2, 0.25) is 0 Å². The van der Waals surface area contributed by atoms with E-state index in [-0.39, 0.29) is 0 Å². The van der Waals surface area contributed by atoms with Gasteiger partial charge in [-0.15, -0.1) is 0 Å². The van der Waals surface area contributed by atoms with Crippen LogP contribution in [0.5, 0.6) is 0 Å². The highest BCUT2D eigenvalue weighted by Crippen LogP contribution is 2.48. The van der Waals surface area contributed by atoms with Crippen molar-refractivity contribution >= 4 is 0 Å². The van der Waals surface area contributed by atoms with Gasteiger partial charge in [0.25, 0.3) is 0 Å². The molecular weight excluding hydrogens is 220 g/mol. The first-order chi connectivity index (χ1) is 8.85. The molecule has 3 fully saturated rings. The molecule has 4 unspecified atom stereocenters. The molecule has 18 heavy (non-hydrogen) atoms. The molecule has 2 heteroatoms. The van der Waals surface area contributed by atoms with Crippen LogP contribution in [-0.4, -0.2) is 37.1 Å². The molecular formula is C16H30N2. The van der Waals surface area contributed by atoms with Crippen molar-refractivity contribution in [2.75, 3.05) is 26.2 Å². The van der Waals surface area contributed by atoms with Gasteiger partial charge >= 0.3 is 0 Å². The number of nitrogens with zero attached hydrogens (tertiary/aromatic N) is 1. The van der Waals surface area contributed by atoms with E-state index in [2.05, 4.69) is 17.1 Å². The predicted octanol–water partition coefficient (Wildman–Crippen LogP) is 2.89. The van der Waals surface area contributed by atoms with Crippen molar-refractivity contribution < 1.29 is 0 Å². The predicted molar refractivity (Wildman–Crippen MR) is 76.7 cm³/mol. The fourth-order valence-electron chi connectivity index (χ4n) is 4.66. The number of hydrogen-bond donors (Lipinski definition) is 1. The van der Waals surface area contributed by atoms with Gasteiger partial charge in [-0.2, -0.15) is 0 Å². The molecule has 3 rings (SSSR count). The van der Waals surface area contributed by atoms with Crippen LogP contribution >= 0.6 is 0 Å². The van der Waals surface area contributed by atoms with Crippen LogP contribution in [0.3, 0.4) is 0 Å². The monoisotopic (exact) mass is 250 g/mol. The third kappa shape index (κ3) is 2.91. The highest BCUT2D eigenvalue weighted by molar-refractivity contribution is 4.91. The molecule has 4 atom stereocenters. The smallest absolute Gasteiger partial charge is 0.0195 e. The molecule has 1 saturated heterocycles. The Morgan fingerprint density at radius 2 is 2.00 bits per heavy atom. The van der Waals surface area contributed by atoms with Gasteiger partial charge in [0.15, 0.2) is 0 Å². The van der Waals surface area contributed by atoms with E-state index in [4.69, 9.17) is 0 Å². The summed E-state index contributed by atoms with van der Waals surface area (Å²) in [5.74, 6) is 3.22. The molecule has 104 valence electrons. The minimum Gasteiger partial charge on any atom is -0.313 e. The van der Waals surface area contributed by atoms with Gasteiger partial charge in [0.05, 0.1) is 0 Å². The van der Waals surface area contributed by atoms with Crippen molar-refractivity contribution in [1.29, 1.82) is 0 Å². The number of hydrogen-bond acceptors (Lipinski definition) is 2. The summed E-state index contributed by atoms with van der Waals surface area (Å²) in [5, 5.41) is 3.70. The zero-order valence-electron chi connectivity index (χ0n) is 12.0. The zero-order valence-corrected chi connectivity index (χ0v) is 12.0. The van der Waals surface area contributed by atoms with Gasteiger partial charge in [-0.05, 0) is 62.9 Å². The van der Waals surface area contributed by atoms with Crippen LogP contribution in [0.25, 0.3) is 0 Å². The van der Waals surface area contributed by atoms with Crippen molar-refractivity contribution in [3.05, 3.63) is 0 Å². The van der Waals surface area contributed by atoms with Crippen LogP contribution in [0, 0.1) is 17.8 Å². The number of piperidine rings is 1. The van der Waals surface area contributed by atoms with E-state index in [1.165, 1.54) is 58.3 Å². The lowest BCUT2D eigenvalue weighted by Gasteiger charge is -2.33. The lowest BCUT2D eigenvalue weighted by molar-refractivity contribution is 0.173. The lowest BCUT2D eigenvalue weighted by Crippen LogP contribution is -2.45. The maximum Gasteiger partial charge on any atom is 0.0195 e. The van der Waals surface area contributed by atoms with E-state index in [0.29, 0.717) is 0 Å². The molecule has 0 aromatic heterocycles. The molecule has 2 aliphatic carbocycles. The second-order valence-electron chi connectivity index (χ2n) is 6.93. The van der Waals surface area contributed by atoms with Crippen LogP contribution in [0.1, 0.15) is 51.9 Å². The molecule has 1 heterocycles. The molecule has 0 aromatic rings. The van der Waals surface area contributed by atoms with Crippen LogP contribution in [0.2, 0.25) is 0 Å². The Kier molecular flexibility index (Phi) is 4.25. The van der Waals surface area contributed by atoms with Crippen molar-refractivity contribution in [3.8, 4) is 0 Å². The molecule has 2 saturated carbocycles. The third-order valence-corrected chi connectivity index (χ3v) is 5.72. The number of rotatable bonds is 5. The summed E-state index contributed by atoms with van der Waals surface area (Å²) < 4.78 is 0. The summed E-state index contributed by atoms with van der Waals surface area (Å²) in [5.41, 5.74) is 0. The lowest BCUT2D eigenvalue weighted by atomic mass is 9.88. The minimum absolute atomic E-state index is 0.775. The number of likely N-dealkylation sites (N-methyl/N-ethyl adjacent to an activating group) is 1. The van der Waals surface area contributed by atoms with Crippen LogP contribution in [0.15, 0.2) is 0 Å². The van der Waals surface area contributed by atoms with Crippen LogP contribution in [-0.2, 0) is 0 Å². The Morgan fingerprint density at radius 3 is 2.61 bits per heavy atom. The largest absolute Gasteiger partial charge is 0.313 e. The Balaban J connectivity index is 1.46. The molecule has 2 nitrogen and oxygen atoms in total. The summed E-state index contributed by atoms with van der Waals surface area (Å²) >= 11 is 0. The van der Waals surface area contributed by atoms with Crippen LogP contribution in [0.4, 0.5) is 0 Å². The third-order valence-electron chi connectivity index (χ3n) is 5.72. The van der Waals surface area contributed by atoms with E-state index < -0.39 is 0 Å². The van der Waals surface area contributed by atoms with Gasteiger partial charge in [-0.1, -0.05) is 19.8 Å². The Morgan fingerprint density at radius 1 is 1.06 bits per heavy atom. The van der Waals surface area contributed by atoms with Gasteiger partial charge in [0.1, 0.15) is 0 Å². The zero-order chi connectivity index (χ0) is 12.4. The highest BCUT2D eigenvalue weighted by Gasteiger charge is 2.39. The Labute approximate surface area is 113 Å². The van der Waals surface area contributed by atoms with Crippen molar-refractivity contribution in [3.63, 3.8) is 0 Å². The second-order valence-corrected chi connectivity index (χ2v) is 6.93. The van der Waals surface area contributed by atoms with Gasteiger partial charge in [-0.25, -0.2) is 0 Å². The molecule has 0 radical (unpaired) electrons. The molecule has 2 bridgehead atoms. The average Bonchev–Trinajstić information content (AvgIpc) is 3.01. The number of fused-ring (bicyclic) bond motifs is 2. The summed E-state index contributed by atoms with van der Waals surface area (Å²) in [6.07, 6.45) is 10.4. The second kappa shape index (κ2) is 5.92. The molecule has 3 aliphatic rings. The normalized spacial score (nSPS) is 39.7. The van der Waals surface area contributed by atoms with E-state index in [9.17, 15) is 0 Å². The average molecular weight is 250 g/mol. The fraction of sp³-hybridized carbons (Fsp3) is 1.00. The summed E-state index contributed by atoms with van der Waals surface area (Å²) in [4.78, 5) is 2.73. The summed E-state index contributed by atoms with van der Waals surface area (Å²) in [6, 6.07) is 0.775. The van der Waals surface area contributed by atoms with Gasteiger partial charge in [0, 0.05) is 19.1 Å². The van der Waals surface area contributed by atoms with E-state index in [0.717, 1.165) is 23.8 Å². The topological polar surface area (TPSA) is 15.3 Å². The van der Waals surface area contributed by atoms with Crippen molar-refractivity contribution in [1.82, 2.24) is 10.2 Å². The van der Waals surface area contributed by atoms with Crippen molar-refractivity contribution in [2.45, 2.75) is 57.9 Å². The SMILES string of the molecule is CCN(CC1CCCCN1)CC1CC2CCC1C2.